The Labute approximate surface area is 131 Å². The number of benzene rings is 1. The van der Waals surface area contributed by atoms with Crippen LogP contribution in [-0.2, 0) is 0 Å². The fourth-order valence-corrected chi connectivity index (χ4v) is 2.70. The molecule has 2 aromatic heterocycles. The molecule has 0 unspecified atom stereocenters. The first-order valence-electron chi connectivity index (χ1n) is 6.49. The van der Waals surface area contributed by atoms with Crippen molar-refractivity contribution in [3.63, 3.8) is 0 Å². The largest absolute Gasteiger partial charge is 0.318 e. The van der Waals surface area contributed by atoms with Crippen molar-refractivity contribution in [2.75, 3.05) is 0 Å². The van der Waals surface area contributed by atoms with Crippen molar-refractivity contribution in [1.29, 1.82) is 0 Å². The van der Waals surface area contributed by atoms with Gasteiger partial charge in [0.15, 0.2) is 0 Å². The highest BCUT2D eigenvalue weighted by molar-refractivity contribution is 9.10. The second-order valence-corrected chi connectivity index (χ2v) is 5.64. The highest BCUT2D eigenvalue weighted by Crippen LogP contribution is 2.22. The van der Waals surface area contributed by atoms with Gasteiger partial charge in [-0.15, -0.1) is 10.2 Å². The molecular weight excluding hydrogens is 330 g/mol. The van der Waals surface area contributed by atoms with Gasteiger partial charge >= 0.3 is 0 Å². The summed E-state index contributed by atoms with van der Waals surface area (Å²) in [4.78, 5) is 0. The number of halogens is 1. The van der Waals surface area contributed by atoms with Gasteiger partial charge in [0.2, 0.25) is 0 Å². The fourth-order valence-electron chi connectivity index (χ4n) is 2.31. The summed E-state index contributed by atoms with van der Waals surface area (Å²) < 4.78 is 4.84. The molecule has 1 aromatic carbocycles. The second-order valence-electron chi connectivity index (χ2n) is 4.73. The third-order valence-corrected chi connectivity index (χ3v) is 3.77. The molecule has 0 atom stereocenters. The van der Waals surface area contributed by atoms with Crippen LogP contribution in [-0.4, -0.2) is 25.7 Å². The third kappa shape index (κ3) is 2.80. The van der Waals surface area contributed by atoms with E-state index >= 15 is 0 Å². The molecule has 0 aliphatic heterocycles. The minimum atomic E-state index is 1.06. The Hall–Kier alpha value is -2.21. The van der Waals surface area contributed by atoms with Gasteiger partial charge in [-0.05, 0) is 38.1 Å². The van der Waals surface area contributed by atoms with E-state index in [4.69, 9.17) is 0 Å². The van der Waals surface area contributed by atoms with Crippen LogP contribution in [0.3, 0.4) is 0 Å². The Kier molecular flexibility index (Phi) is 3.70. The van der Waals surface area contributed by atoms with Crippen molar-refractivity contribution in [3.8, 4) is 5.69 Å². The molecule has 106 valence electrons. The number of aromatic nitrogens is 4. The molecule has 0 bridgehead atoms. The minimum absolute atomic E-state index is 1.06. The molecule has 0 saturated carbocycles. The van der Waals surface area contributed by atoms with Crippen LogP contribution in [0, 0.1) is 13.8 Å². The SMILES string of the molecule is Cc1cc(/C=N/n2cnnc2)c(C)n1-c1cccc(Br)c1. The highest BCUT2D eigenvalue weighted by atomic mass is 79.9. The lowest BCUT2D eigenvalue weighted by molar-refractivity contribution is 0.877. The summed E-state index contributed by atoms with van der Waals surface area (Å²) in [5, 5.41) is 11.8. The van der Waals surface area contributed by atoms with Gasteiger partial charge in [0.05, 0.1) is 6.21 Å². The van der Waals surface area contributed by atoms with Crippen LogP contribution < -0.4 is 0 Å². The van der Waals surface area contributed by atoms with E-state index in [0.29, 0.717) is 0 Å². The van der Waals surface area contributed by atoms with Crippen molar-refractivity contribution in [2.45, 2.75) is 13.8 Å². The molecule has 0 fully saturated rings. The van der Waals surface area contributed by atoms with E-state index in [0.717, 1.165) is 27.1 Å². The molecule has 0 aliphatic carbocycles. The smallest absolute Gasteiger partial charge is 0.141 e. The van der Waals surface area contributed by atoms with Crippen LogP contribution in [0.25, 0.3) is 5.69 Å². The van der Waals surface area contributed by atoms with E-state index in [9.17, 15) is 0 Å². The summed E-state index contributed by atoms with van der Waals surface area (Å²) >= 11 is 3.52. The van der Waals surface area contributed by atoms with Gasteiger partial charge in [0, 0.05) is 27.1 Å². The lowest BCUT2D eigenvalue weighted by atomic mass is 10.2. The van der Waals surface area contributed by atoms with Crippen molar-refractivity contribution in [2.24, 2.45) is 5.10 Å². The normalized spacial score (nSPS) is 11.4. The van der Waals surface area contributed by atoms with Gasteiger partial charge in [0.25, 0.3) is 0 Å². The Morgan fingerprint density at radius 2 is 1.90 bits per heavy atom. The molecule has 3 rings (SSSR count). The molecule has 0 aliphatic rings. The maximum absolute atomic E-state index is 4.31. The van der Waals surface area contributed by atoms with E-state index in [2.05, 4.69) is 67.8 Å². The lowest BCUT2D eigenvalue weighted by Crippen LogP contribution is -1.99. The monoisotopic (exact) mass is 343 g/mol. The molecular formula is C15H14BrN5. The maximum atomic E-state index is 4.31. The van der Waals surface area contributed by atoms with Gasteiger partial charge in [-0.1, -0.05) is 22.0 Å². The number of hydrogen-bond donors (Lipinski definition) is 0. The topological polar surface area (TPSA) is 48.0 Å². The summed E-state index contributed by atoms with van der Waals surface area (Å²) in [6.45, 7) is 4.17. The third-order valence-electron chi connectivity index (χ3n) is 3.27. The van der Waals surface area contributed by atoms with Crippen molar-refractivity contribution in [1.82, 2.24) is 19.4 Å². The average molecular weight is 344 g/mol. The van der Waals surface area contributed by atoms with Crippen LogP contribution >= 0.6 is 15.9 Å². The van der Waals surface area contributed by atoms with Crippen molar-refractivity contribution in [3.05, 3.63) is 64.4 Å². The van der Waals surface area contributed by atoms with Crippen LogP contribution in [0.4, 0.5) is 0 Å². The van der Waals surface area contributed by atoms with Gasteiger partial charge in [-0.3, -0.25) is 0 Å². The molecule has 21 heavy (non-hydrogen) atoms. The quantitative estimate of drug-likeness (QED) is 0.685. The van der Waals surface area contributed by atoms with Crippen LogP contribution in [0.1, 0.15) is 17.0 Å². The first-order chi connectivity index (χ1) is 10.1. The average Bonchev–Trinajstić information content (AvgIpc) is 3.05. The Morgan fingerprint density at radius 3 is 2.62 bits per heavy atom. The van der Waals surface area contributed by atoms with Gasteiger partial charge < -0.3 is 4.57 Å². The van der Waals surface area contributed by atoms with Crippen LogP contribution in [0.2, 0.25) is 0 Å². The summed E-state index contributed by atoms with van der Waals surface area (Å²) in [5.41, 5.74) is 4.50. The van der Waals surface area contributed by atoms with Gasteiger partial charge in [-0.2, -0.15) is 5.10 Å². The first kappa shape index (κ1) is 13.8. The Bertz CT molecular complexity index is 787. The van der Waals surface area contributed by atoms with E-state index in [1.54, 1.807) is 17.3 Å². The summed E-state index contributed by atoms with van der Waals surface area (Å²) in [6, 6.07) is 10.4. The molecule has 6 heteroatoms. The Balaban J connectivity index is 2.00. The first-order valence-corrected chi connectivity index (χ1v) is 7.28. The van der Waals surface area contributed by atoms with E-state index < -0.39 is 0 Å². The van der Waals surface area contributed by atoms with Gasteiger partial charge in [-0.25, -0.2) is 4.68 Å². The number of aryl methyl sites for hydroxylation is 1. The Morgan fingerprint density at radius 1 is 1.14 bits per heavy atom. The molecule has 0 amide bonds. The fraction of sp³-hybridized carbons (Fsp3) is 0.133. The molecule has 0 spiro atoms. The molecule has 3 aromatic rings. The van der Waals surface area contributed by atoms with E-state index in [1.165, 1.54) is 0 Å². The molecule has 2 heterocycles. The highest BCUT2D eigenvalue weighted by Gasteiger charge is 2.09. The van der Waals surface area contributed by atoms with Crippen LogP contribution in [0.15, 0.2) is 52.6 Å². The summed E-state index contributed by atoms with van der Waals surface area (Å²) in [7, 11) is 0. The van der Waals surface area contributed by atoms with Gasteiger partial charge in [0.1, 0.15) is 12.7 Å². The van der Waals surface area contributed by atoms with Crippen LogP contribution in [0.5, 0.6) is 0 Å². The summed E-state index contributed by atoms with van der Waals surface area (Å²) in [6.07, 6.45) is 4.94. The zero-order valence-corrected chi connectivity index (χ0v) is 13.3. The maximum Gasteiger partial charge on any atom is 0.141 e. The zero-order chi connectivity index (χ0) is 14.8. The predicted molar refractivity (Wildman–Crippen MR) is 86.0 cm³/mol. The van der Waals surface area contributed by atoms with Crippen molar-refractivity contribution >= 4 is 22.1 Å². The van der Waals surface area contributed by atoms with Crippen molar-refractivity contribution < 1.29 is 0 Å². The second kappa shape index (κ2) is 5.65. The molecule has 0 radical (unpaired) electrons. The van der Waals surface area contributed by atoms with E-state index in [1.807, 2.05) is 18.3 Å². The number of hydrogen-bond acceptors (Lipinski definition) is 3. The number of rotatable bonds is 3. The summed E-state index contributed by atoms with van der Waals surface area (Å²) in [5.74, 6) is 0. The molecule has 5 nitrogen and oxygen atoms in total. The molecule has 0 saturated heterocycles. The standard InChI is InChI=1S/C15H14BrN5/c1-11-6-13(8-19-20-9-17-18-10-20)12(2)21(11)15-5-3-4-14(16)7-15/h3-10H,1-2H3/b19-8+. The number of nitrogens with zero attached hydrogens (tertiary/aromatic N) is 5. The molecule has 0 N–H and O–H groups in total. The lowest BCUT2D eigenvalue weighted by Gasteiger charge is -2.09. The predicted octanol–water partition coefficient (Wildman–Crippen LogP) is 3.33. The minimum Gasteiger partial charge on any atom is -0.318 e. The zero-order valence-electron chi connectivity index (χ0n) is 11.7. The van der Waals surface area contributed by atoms with E-state index in [-0.39, 0.29) is 0 Å².